The first kappa shape index (κ1) is 10.9. The zero-order chi connectivity index (χ0) is 11.7. The maximum Gasteiger partial charge on any atom is 0.288 e. The molecule has 2 rings (SSSR count). The summed E-state index contributed by atoms with van der Waals surface area (Å²) in [6.45, 7) is 0. The topological polar surface area (TPSA) is 71.8 Å². The summed E-state index contributed by atoms with van der Waals surface area (Å²) in [4.78, 5) is 10.2. The molecule has 5 nitrogen and oxygen atoms in total. The zero-order valence-electron chi connectivity index (χ0n) is 7.78. The van der Waals surface area contributed by atoms with Gasteiger partial charge in [-0.25, -0.2) is 0 Å². The van der Waals surface area contributed by atoms with Gasteiger partial charge in [-0.3, -0.25) is 15.2 Å². The number of nitro benzene ring substituents is 1. The van der Waals surface area contributed by atoms with Gasteiger partial charge in [0.05, 0.1) is 15.6 Å². The molecule has 0 spiro atoms. The van der Waals surface area contributed by atoms with Crippen molar-refractivity contribution in [2.24, 2.45) is 0 Å². The Morgan fingerprint density at radius 1 is 1.31 bits per heavy atom. The van der Waals surface area contributed by atoms with Crippen LogP contribution >= 0.6 is 23.2 Å². The molecule has 0 aliphatic heterocycles. The van der Waals surface area contributed by atoms with Crippen LogP contribution in [-0.2, 0) is 0 Å². The minimum absolute atomic E-state index is 0.0123. The van der Waals surface area contributed by atoms with Crippen molar-refractivity contribution in [1.82, 2.24) is 10.2 Å². The number of aromatic nitrogens is 2. The highest BCUT2D eigenvalue weighted by Gasteiger charge is 2.17. The number of rotatable bonds is 2. The molecule has 0 radical (unpaired) electrons. The van der Waals surface area contributed by atoms with Crippen molar-refractivity contribution in [3.8, 4) is 11.3 Å². The summed E-state index contributed by atoms with van der Waals surface area (Å²) in [5.41, 5.74) is 0.913. The first-order chi connectivity index (χ1) is 7.59. The van der Waals surface area contributed by atoms with Crippen molar-refractivity contribution in [2.45, 2.75) is 0 Å². The van der Waals surface area contributed by atoms with Gasteiger partial charge >= 0.3 is 0 Å². The lowest BCUT2D eigenvalue weighted by Gasteiger charge is -2.02. The van der Waals surface area contributed by atoms with E-state index in [1.807, 2.05) is 0 Å². The Bertz CT molecular complexity index is 540. The third-order valence-corrected chi connectivity index (χ3v) is 2.64. The molecule has 0 unspecified atom stereocenters. The number of hydrogen-bond donors (Lipinski definition) is 1. The Morgan fingerprint density at radius 3 is 2.62 bits per heavy atom. The minimum Gasteiger partial charge on any atom is -0.278 e. The molecule has 0 fully saturated rings. The maximum atomic E-state index is 10.7. The normalized spacial score (nSPS) is 10.4. The molecule has 82 valence electrons. The number of nitrogens with zero attached hydrogens (tertiary/aromatic N) is 2. The molecule has 1 aromatic carbocycles. The lowest BCUT2D eigenvalue weighted by atomic mass is 10.1. The number of aromatic amines is 1. The molecule has 0 bridgehead atoms. The van der Waals surface area contributed by atoms with Crippen LogP contribution in [0.5, 0.6) is 0 Å². The highest BCUT2D eigenvalue weighted by molar-refractivity contribution is 6.37. The van der Waals surface area contributed by atoms with E-state index in [0.29, 0.717) is 16.3 Å². The molecule has 1 aromatic heterocycles. The number of nitrogens with one attached hydrogen (secondary N) is 1. The molecule has 0 saturated carbocycles. The first-order valence-corrected chi connectivity index (χ1v) is 4.98. The summed E-state index contributed by atoms with van der Waals surface area (Å²) in [6, 6.07) is 4.33. The SMILES string of the molecule is O=[N+]([O-])c1cc(-c2ccn[nH]2)c(Cl)cc1Cl. The lowest BCUT2D eigenvalue weighted by molar-refractivity contribution is -0.384. The third kappa shape index (κ3) is 1.87. The Hall–Kier alpha value is -1.59. The number of H-pyrrole nitrogens is 1. The zero-order valence-corrected chi connectivity index (χ0v) is 9.29. The van der Waals surface area contributed by atoms with E-state index in [4.69, 9.17) is 23.2 Å². The maximum absolute atomic E-state index is 10.7. The summed E-state index contributed by atoms with van der Waals surface area (Å²) >= 11 is 11.6. The monoisotopic (exact) mass is 257 g/mol. The van der Waals surface area contributed by atoms with Crippen LogP contribution in [0.15, 0.2) is 24.4 Å². The molecular weight excluding hydrogens is 253 g/mol. The second-order valence-electron chi connectivity index (χ2n) is 3.01. The van der Waals surface area contributed by atoms with Crippen LogP contribution in [0.25, 0.3) is 11.3 Å². The van der Waals surface area contributed by atoms with Crippen LogP contribution in [-0.4, -0.2) is 15.1 Å². The van der Waals surface area contributed by atoms with Gasteiger partial charge in [-0.05, 0) is 12.1 Å². The predicted molar refractivity (Wildman–Crippen MR) is 60.7 cm³/mol. The van der Waals surface area contributed by atoms with E-state index in [9.17, 15) is 10.1 Å². The average molecular weight is 258 g/mol. The van der Waals surface area contributed by atoms with Gasteiger partial charge in [-0.1, -0.05) is 23.2 Å². The number of halogens is 2. The summed E-state index contributed by atoms with van der Waals surface area (Å²) < 4.78 is 0. The van der Waals surface area contributed by atoms with E-state index in [1.54, 1.807) is 6.07 Å². The van der Waals surface area contributed by atoms with E-state index in [0.717, 1.165) is 0 Å². The molecular formula is C9H5Cl2N3O2. The second-order valence-corrected chi connectivity index (χ2v) is 3.83. The van der Waals surface area contributed by atoms with Gasteiger partial charge in [0.1, 0.15) is 5.02 Å². The Balaban J connectivity index is 2.63. The minimum atomic E-state index is -0.557. The average Bonchev–Trinajstić information content (AvgIpc) is 2.70. The van der Waals surface area contributed by atoms with Gasteiger partial charge in [0.25, 0.3) is 5.69 Å². The predicted octanol–water partition coefficient (Wildman–Crippen LogP) is 3.29. The van der Waals surface area contributed by atoms with Crippen molar-refractivity contribution in [2.75, 3.05) is 0 Å². The summed E-state index contributed by atoms with van der Waals surface area (Å²) in [6.07, 6.45) is 1.53. The molecule has 2 aromatic rings. The molecule has 0 amide bonds. The molecule has 0 aliphatic rings. The van der Waals surface area contributed by atoms with Crippen molar-refractivity contribution in [3.05, 3.63) is 44.6 Å². The quantitative estimate of drug-likeness (QED) is 0.663. The van der Waals surface area contributed by atoms with E-state index in [1.165, 1.54) is 18.3 Å². The van der Waals surface area contributed by atoms with Crippen molar-refractivity contribution < 1.29 is 4.92 Å². The highest BCUT2D eigenvalue weighted by Crippen LogP contribution is 2.35. The molecule has 1 heterocycles. The third-order valence-electron chi connectivity index (χ3n) is 2.02. The van der Waals surface area contributed by atoms with Gasteiger partial charge in [0, 0.05) is 17.8 Å². The largest absolute Gasteiger partial charge is 0.288 e. The lowest BCUT2D eigenvalue weighted by Crippen LogP contribution is -1.91. The first-order valence-electron chi connectivity index (χ1n) is 4.23. The van der Waals surface area contributed by atoms with Crippen LogP contribution in [0.1, 0.15) is 0 Å². The van der Waals surface area contributed by atoms with Gasteiger partial charge < -0.3 is 0 Å². The fourth-order valence-corrected chi connectivity index (χ4v) is 1.84. The van der Waals surface area contributed by atoms with Crippen LogP contribution in [0, 0.1) is 10.1 Å². The van der Waals surface area contributed by atoms with E-state index >= 15 is 0 Å². The molecule has 1 N–H and O–H groups in total. The second kappa shape index (κ2) is 4.11. The summed E-state index contributed by atoms with van der Waals surface area (Å²) in [7, 11) is 0. The van der Waals surface area contributed by atoms with Crippen LogP contribution < -0.4 is 0 Å². The van der Waals surface area contributed by atoms with Crippen LogP contribution in [0.4, 0.5) is 5.69 Å². The van der Waals surface area contributed by atoms with Crippen molar-refractivity contribution >= 4 is 28.9 Å². The van der Waals surface area contributed by atoms with E-state index in [-0.39, 0.29) is 10.7 Å². The van der Waals surface area contributed by atoms with E-state index in [2.05, 4.69) is 10.2 Å². The highest BCUT2D eigenvalue weighted by atomic mass is 35.5. The van der Waals surface area contributed by atoms with Crippen LogP contribution in [0.3, 0.4) is 0 Å². The van der Waals surface area contributed by atoms with Gasteiger partial charge in [0.2, 0.25) is 0 Å². The fourth-order valence-electron chi connectivity index (χ4n) is 1.29. The Labute approximate surface area is 100 Å². The van der Waals surface area contributed by atoms with Gasteiger partial charge in [-0.15, -0.1) is 0 Å². The summed E-state index contributed by atoms with van der Waals surface area (Å²) in [5.74, 6) is 0. The van der Waals surface area contributed by atoms with Gasteiger partial charge in [0.15, 0.2) is 0 Å². The van der Waals surface area contributed by atoms with Crippen molar-refractivity contribution in [3.63, 3.8) is 0 Å². The summed E-state index contributed by atoms with van der Waals surface area (Å²) in [5, 5.41) is 17.5. The molecule has 16 heavy (non-hydrogen) atoms. The molecule has 7 heteroatoms. The van der Waals surface area contributed by atoms with Crippen molar-refractivity contribution in [1.29, 1.82) is 0 Å². The standard InChI is InChI=1S/C9H5Cl2N3O2/c10-6-4-7(11)9(14(15)16)3-5(6)8-1-2-12-13-8/h1-4H,(H,12,13). The Morgan fingerprint density at radius 2 is 2.06 bits per heavy atom. The number of nitro groups is 1. The van der Waals surface area contributed by atoms with Gasteiger partial charge in [-0.2, -0.15) is 5.10 Å². The fraction of sp³-hybridized carbons (Fsp3) is 0. The number of hydrogen-bond acceptors (Lipinski definition) is 3. The number of benzene rings is 1. The molecule has 0 aliphatic carbocycles. The van der Waals surface area contributed by atoms with E-state index < -0.39 is 4.92 Å². The smallest absolute Gasteiger partial charge is 0.278 e. The molecule has 0 saturated heterocycles. The van der Waals surface area contributed by atoms with Crippen LogP contribution in [0.2, 0.25) is 10.0 Å². The molecule has 0 atom stereocenters. The Kier molecular flexibility index (Phi) is 2.80.